The second-order valence-corrected chi connectivity index (χ2v) is 19.2. The normalized spacial score (nSPS) is 18.4. The second kappa shape index (κ2) is 31.3. The Bertz CT molecular complexity index is 1420. The summed E-state index contributed by atoms with van der Waals surface area (Å²) in [5.74, 6) is -5.90. The number of aliphatic carboxylic acids is 1. The molecule has 0 bridgehead atoms. The molecule has 1 aromatic rings. The summed E-state index contributed by atoms with van der Waals surface area (Å²) in [6.45, 7) is 10.6. The molecule has 7 unspecified atom stereocenters. The number of hydrogen-bond donors (Lipinski definition) is 3. The molecular formula is C50H88N4O8+2. The van der Waals surface area contributed by atoms with Crippen molar-refractivity contribution < 1.29 is 47.6 Å². The summed E-state index contributed by atoms with van der Waals surface area (Å²) in [7, 11) is 4.32. The Kier molecular flexibility index (Phi) is 27.6. The van der Waals surface area contributed by atoms with Crippen LogP contribution in [0.15, 0.2) is 30.6 Å². The summed E-state index contributed by atoms with van der Waals surface area (Å²) in [4.78, 5) is 64.5. The predicted molar refractivity (Wildman–Crippen MR) is 244 cm³/mol. The highest BCUT2D eigenvalue weighted by Gasteiger charge is 2.45. The maximum atomic E-state index is 13.9. The van der Waals surface area contributed by atoms with Gasteiger partial charge in [0, 0.05) is 37.4 Å². The molecule has 1 saturated carbocycles. The van der Waals surface area contributed by atoms with Gasteiger partial charge in [0.1, 0.15) is 19.7 Å². The summed E-state index contributed by atoms with van der Waals surface area (Å²) in [6.07, 6.45) is 24.9. The summed E-state index contributed by atoms with van der Waals surface area (Å²) in [5.41, 5.74) is 5.66. The Morgan fingerprint density at radius 2 is 1.32 bits per heavy atom. The molecule has 1 aromatic heterocycles. The third-order valence-electron chi connectivity index (χ3n) is 13.3. The zero-order valence-corrected chi connectivity index (χ0v) is 39.8. The number of nitrogens with two attached hydrogens (primary N) is 1. The standard InChI is InChI=1S/C50H86N4O8/c1-7-9-10-11-19-25-30-54(5,6)31-33-62-49(59)39(3)34-43(35-42-36-44(52-40(4)55)38-45(42)46(48(57)58)37-41(8-2)47(51)56)50(60)61-32-26-20-17-15-13-12-14-16-18-22-27-53-28-23-21-24-29-53/h21,23-24,28-29,39,41-46H,7-20,22,25-27,30-38H2,1-6H3,(H2-2,51,52,55,56,57,58)/p+2. The third kappa shape index (κ3) is 23.2. The smallest absolute Gasteiger partial charge is 0.308 e. The molecular weight excluding hydrogens is 785 g/mol. The molecule has 0 radical (unpaired) electrons. The zero-order chi connectivity index (χ0) is 45.8. The summed E-state index contributed by atoms with van der Waals surface area (Å²) < 4.78 is 14.7. The Morgan fingerprint density at radius 3 is 1.90 bits per heavy atom. The van der Waals surface area contributed by atoms with Gasteiger partial charge < -0.3 is 30.1 Å². The van der Waals surface area contributed by atoms with Crippen LogP contribution in [0.1, 0.15) is 169 Å². The van der Waals surface area contributed by atoms with Gasteiger partial charge in [0.25, 0.3) is 0 Å². The van der Waals surface area contributed by atoms with Crippen LogP contribution in [0.25, 0.3) is 0 Å². The number of esters is 2. The molecule has 1 fully saturated rings. The molecule has 2 amide bonds. The molecule has 0 spiro atoms. The first kappa shape index (κ1) is 54.6. The first-order valence-corrected chi connectivity index (χ1v) is 24.6. The van der Waals surface area contributed by atoms with E-state index in [-0.39, 0.29) is 55.9 Å². The predicted octanol–water partition coefficient (Wildman–Crippen LogP) is 8.56. The molecule has 12 nitrogen and oxygen atoms in total. The number of primary amides is 1. The number of quaternary nitrogens is 1. The van der Waals surface area contributed by atoms with Gasteiger partial charge in [-0.3, -0.25) is 24.0 Å². The van der Waals surface area contributed by atoms with Crippen LogP contribution in [0.4, 0.5) is 0 Å². The van der Waals surface area contributed by atoms with E-state index in [2.05, 4.69) is 55.4 Å². The lowest BCUT2D eigenvalue weighted by Crippen LogP contribution is -2.43. The van der Waals surface area contributed by atoms with Crippen LogP contribution in [0, 0.1) is 35.5 Å². The fourth-order valence-electron chi connectivity index (χ4n) is 9.41. The monoisotopic (exact) mass is 873 g/mol. The highest BCUT2D eigenvalue weighted by molar-refractivity contribution is 5.78. The number of nitrogens with one attached hydrogen (secondary N) is 1. The Labute approximate surface area is 375 Å². The highest BCUT2D eigenvalue weighted by atomic mass is 16.5. The number of carboxylic acids is 1. The van der Waals surface area contributed by atoms with Crippen molar-refractivity contribution in [2.24, 2.45) is 41.2 Å². The van der Waals surface area contributed by atoms with Crippen molar-refractivity contribution >= 4 is 29.7 Å². The van der Waals surface area contributed by atoms with E-state index in [0.29, 0.717) is 32.2 Å². The van der Waals surface area contributed by atoms with Crippen molar-refractivity contribution in [3.8, 4) is 0 Å². The lowest BCUT2D eigenvalue weighted by atomic mass is 9.74. The highest BCUT2D eigenvalue weighted by Crippen LogP contribution is 2.44. The van der Waals surface area contributed by atoms with Gasteiger partial charge in [-0.2, -0.15) is 0 Å². The molecule has 1 aliphatic rings. The summed E-state index contributed by atoms with van der Waals surface area (Å²) in [6, 6.07) is 5.91. The first-order chi connectivity index (χ1) is 29.7. The van der Waals surface area contributed by atoms with E-state index in [1.807, 2.05) is 13.0 Å². The summed E-state index contributed by atoms with van der Waals surface area (Å²) >= 11 is 0. The van der Waals surface area contributed by atoms with E-state index in [1.165, 1.54) is 77.6 Å². The van der Waals surface area contributed by atoms with Crippen LogP contribution in [0.2, 0.25) is 0 Å². The average molecular weight is 873 g/mol. The fourth-order valence-corrected chi connectivity index (χ4v) is 9.41. The van der Waals surface area contributed by atoms with E-state index in [9.17, 15) is 29.1 Å². The van der Waals surface area contributed by atoms with Gasteiger partial charge in [0.2, 0.25) is 11.8 Å². The number of aryl methyl sites for hydroxylation is 1. The van der Waals surface area contributed by atoms with Gasteiger partial charge in [-0.15, -0.1) is 0 Å². The average Bonchev–Trinajstić information content (AvgIpc) is 3.61. The molecule has 12 heteroatoms. The van der Waals surface area contributed by atoms with Gasteiger partial charge in [0.15, 0.2) is 12.4 Å². The molecule has 62 heavy (non-hydrogen) atoms. The van der Waals surface area contributed by atoms with Gasteiger partial charge in [-0.1, -0.05) is 97.5 Å². The van der Waals surface area contributed by atoms with Crippen molar-refractivity contribution in [1.82, 2.24) is 5.32 Å². The van der Waals surface area contributed by atoms with E-state index in [1.54, 1.807) is 6.92 Å². The van der Waals surface area contributed by atoms with Crippen molar-refractivity contribution in [2.75, 3.05) is 40.4 Å². The van der Waals surface area contributed by atoms with E-state index >= 15 is 0 Å². The van der Waals surface area contributed by atoms with E-state index in [0.717, 1.165) is 49.7 Å². The Balaban J connectivity index is 2.00. The topological polar surface area (TPSA) is 166 Å². The molecule has 0 aliphatic heterocycles. The molecule has 4 N–H and O–H groups in total. The van der Waals surface area contributed by atoms with Crippen molar-refractivity contribution in [2.45, 2.75) is 182 Å². The number of ether oxygens (including phenoxy) is 2. The Morgan fingerprint density at radius 1 is 0.742 bits per heavy atom. The molecule has 1 heterocycles. The van der Waals surface area contributed by atoms with E-state index in [4.69, 9.17) is 15.2 Å². The zero-order valence-electron chi connectivity index (χ0n) is 39.8. The number of unbranched alkanes of at least 4 members (excludes halogenated alkanes) is 14. The van der Waals surface area contributed by atoms with Crippen LogP contribution in [0.5, 0.6) is 0 Å². The van der Waals surface area contributed by atoms with Crippen molar-refractivity contribution in [1.29, 1.82) is 0 Å². The maximum absolute atomic E-state index is 13.9. The van der Waals surface area contributed by atoms with Crippen molar-refractivity contribution in [3.05, 3.63) is 30.6 Å². The minimum absolute atomic E-state index is 0.0919. The van der Waals surface area contributed by atoms with Crippen LogP contribution in [-0.4, -0.2) is 85.8 Å². The lowest BCUT2D eigenvalue weighted by Gasteiger charge is -2.30. The number of amides is 2. The molecule has 0 saturated heterocycles. The summed E-state index contributed by atoms with van der Waals surface area (Å²) in [5, 5.41) is 13.4. The number of carbonyl (C=O) groups is 5. The molecule has 2 rings (SSSR count). The number of aromatic nitrogens is 1. The minimum atomic E-state index is -1.02. The van der Waals surface area contributed by atoms with Crippen LogP contribution in [-0.2, 0) is 40.0 Å². The van der Waals surface area contributed by atoms with Gasteiger partial charge in [-0.05, 0) is 76.0 Å². The van der Waals surface area contributed by atoms with Gasteiger partial charge >= 0.3 is 17.9 Å². The van der Waals surface area contributed by atoms with Crippen LogP contribution < -0.4 is 15.6 Å². The number of nitrogens with zero attached hydrogens (tertiary/aromatic N) is 2. The molecule has 354 valence electrons. The number of hydrogen-bond acceptors (Lipinski definition) is 7. The number of carboxylic acid groups (broad SMARTS) is 1. The molecule has 1 aliphatic carbocycles. The van der Waals surface area contributed by atoms with E-state index < -0.39 is 41.5 Å². The van der Waals surface area contributed by atoms with Crippen LogP contribution in [0.3, 0.4) is 0 Å². The maximum Gasteiger partial charge on any atom is 0.308 e. The number of pyridine rings is 1. The van der Waals surface area contributed by atoms with Crippen LogP contribution >= 0.6 is 0 Å². The number of rotatable bonds is 36. The van der Waals surface area contributed by atoms with Gasteiger partial charge in [-0.25, -0.2) is 4.57 Å². The Hall–Kier alpha value is -3.54. The molecule has 0 aromatic carbocycles. The minimum Gasteiger partial charge on any atom is -0.481 e. The first-order valence-electron chi connectivity index (χ1n) is 24.6. The lowest BCUT2D eigenvalue weighted by molar-refractivity contribution is -0.890. The van der Waals surface area contributed by atoms with Crippen molar-refractivity contribution in [3.63, 3.8) is 0 Å². The number of likely N-dealkylation sites (N-methyl/N-ethyl adjacent to an activating group) is 1. The quantitative estimate of drug-likeness (QED) is 0.0261. The van der Waals surface area contributed by atoms with Gasteiger partial charge in [0.05, 0.1) is 45.0 Å². The third-order valence-corrected chi connectivity index (χ3v) is 13.3. The second-order valence-electron chi connectivity index (χ2n) is 19.2. The SMILES string of the molecule is CCCCCCCC[N+](C)(C)CCOC(=O)C(C)CC(CC1CC(NC(C)=O)CC1C(CC(CC)C(N)=O)C(=O)O)C(=O)OCCCCCCCCCCCC[n+]1ccccc1. The molecule has 7 atom stereocenters. The largest absolute Gasteiger partial charge is 0.481 e. The fraction of sp³-hybridized carbons (Fsp3) is 0.800. The number of carbonyl (C=O) groups excluding carboxylic acids is 4.